The second kappa shape index (κ2) is 7.20. The zero-order valence-corrected chi connectivity index (χ0v) is 16.1. The van der Waals surface area contributed by atoms with Crippen LogP contribution in [0.4, 0.5) is 0 Å². The summed E-state index contributed by atoms with van der Waals surface area (Å²) in [6, 6.07) is 31.9. The molecular weight excluding hydrogens is 342 g/mol. The molecule has 28 heavy (non-hydrogen) atoms. The van der Waals surface area contributed by atoms with Gasteiger partial charge in [0.05, 0.1) is 6.04 Å². The molecule has 0 unspecified atom stereocenters. The van der Waals surface area contributed by atoms with Crippen LogP contribution in [-0.2, 0) is 12.1 Å². The fourth-order valence-corrected chi connectivity index (χ4v) is 5.57. The molecule has 3 aromatic rings. The van der Waals surface area contributed by atoms with E-state index in [2.05, 4.69) is 59.5 Å². The Morgan fingerprint density at radius 3 is 1.86 bits per heavy atom. The summed E-state index contributed by atoms with van der Waals surface area (Å²) in [4.78, 5) is 2.59. The normalized spacial score (nSPS) is 24.5. The lowest BCUT2D eigenvalue weighted by Crippen LogP contribution is -2.54. The highest BCUT2D eigenvalue weighted by molar-refractivity contribution is 5.39. The molecule has 2 nitrogen and oxygen atoms in total. The van der Waals surface area contributed by atoms with Crippen molar-refractivity contribution in [1.82, 2.24) is 4.90 Å². The van der Waals surface area contributed by atoms with Crippen molar-refractivity contribution in [3.05, 3.63) is 108 Å². The Labute approximate surface area is 167 Å². The summed E-state index contributed by atoms with van der Waals surface area (Å²) in [6.45, 7) is 0.897. The summed E-state index contributed by atoms with van der Waals surface area (Å²) in [5.41, 5.74) is 2.31. The second-order valence-electron chi connectivity index (χ2n) is 8.33. The summed E-state index contributed by atoms with van der Waals surface area (Å²) in [5, 5.41) is 12.4. The van der Waals surface area contributed by atoms with Crippen LogP contribution >= 0.6 is 0 Å². The predicted molar refractivity (Wildman–Crippen MR) is 113 cm³/mol. The molecule has 1 saturated heterocycles. The van der Waals surface area contributed by atoms with Crippen molar-refractivity contribution in [2.24, 2.45) is 5.92 Å². The van der Waals surface area contributed by atoms with E-state index < -0.39 is 5.60 Å². The molecule has 1 aliphatic heterocycles. The zero-order valence-electron chi connectivity index (χ0n) is 16.1. The third kappa shape index (κ3) is 2.88. The van der Waals surface area contributed by atoms with E-state index in [9.17, 15) is 5.11 Å². The van der Waals surface area contributed by atoms with Gasteiger partial charge in [0.25, 0.3) is 0 Å². The van der Waals surface area contributed by atoms with Gasteiger partial charge in [-0.2, -0.15) is 0 Å². The Morgan fingerprint density at radius 2 is 1.29 bits per heavy atom. The molecule has 2 aliphatic rings. The molecule has 3 aromatic carbocycles. The number of benzene rings is 3. The van der Waals surface area contributed by atoms with Crippen LogP contribution in [0.25, 0.3) is 0 Å². The van der Waals surface area contributed by atoms with Crippen molar-refractivity contribution < 1.29 is 5.11 Å². The van der Waals surface area contributed by atoms with Crippen molar-refractivity contribution in [3.8, 4) is 0 Å². The van der Waals surface area contributed by atoms with Gasteiger partial charge in [-0.05, 0) is 41.9 Å². The van der Waals surface area contributed by atoms with Crippen LogP contribution in [0, 0.1) is 5.92 Å². The molecule has 0 aromatic heterocycles. The van der Waals surface area contributed by atoms with Crippen molar-refractivity contribution >= 4 is 0 Å². The maximum Gasteiger partial charge on any atom is 0.130 e. The van der Waals surface area contributed by atoms with Crippen LogP contribution in [0.5, 0.6) is 0 Å². The van der Waals surface area contributed by atoms with Crippen LogP contribution in [-0.4, -0.2) is 22.1 Å². The molecule has 1 heterocycles. The molecule has 2 heteroatoms. The van der Waals surface area contributed by atoms with E-state index in [1.54, 1.807) is 0 Å². The van der Waals surface area contributed by atoms with Crippen LogP contribution in [0.1, 0.15) is 36.0 Å². The molecule has 1 N–H and O–H groups in total. The Morgan fingerprint density at radius 1 is 0.750 bits per heavy atom. The number of rotatable bonds is 5. The lowest BCUT2D eigenvalue weighted by molar-refractivity contribution is -0.0455. The standard InChI is InChI=1S/C26H27NO/c28-26(22-12-6-2-7-13-22,23-14-8-3-9-15-23)25-21-16-17-24(18-21)27(25)19-20-10-4-1-5-11-20/h1-15,21,24-25,28H,16-19H2/t21-,24+,25+/m1/s1. The Balaban J connectivity index is 1.61. The summed E-state index contributed by atoms with van der Waals surface area (Å²) in [5.74, 6) is 0.527. The number of hydrogen-bond donors (Lipinski definition) is 1. The molecule has 2 bridgehead atoms. The number of nitrogens with zero attached hydrogens (tertiary/aromatic N) is 1. The molecule has 5 rings (SSSR count). The number of piperidine rings is 1. The first-order valence-corrected chi connectivity index (χ1v) is 10.4. The summed E-state index contributed by atoms with van der Waals surface area (Å²) in [7, 11) is 0. The minimum atomic E-state index is -1.00. The molecule has 0 radical (unpaired) electrons. The van der Waals surface area contributed by atoms with E-state index in [-0.39, 0.29) is 6.04 Å². The van der Waals surface area contributed by atoms with Gasteiger partial charge in [0, 0.05) is 12.6 Å². The lowest BCUT2D eigenvalue weighted by Gasteiger charge is -2.46. The van der Waals surface area contributed by atoms with Gasteiger partial charge in [0.2, 0.25) is 0 Å². The number of likely N-dealkylation sites (tertiary alicyclic amines) is 1. The number of aliphatic hydroxyl groups is 1. The Bertz CT molecular complexity index is 869. The molecule has 1 saturated carbocycles. The molecule has 0 spiro atoms. The van der Waals surface area contributed by atoms with Crippen molar-refractivity contribution in [1.29, 1.82) is 0 Å². The van der Waals surface area contributed by atoms with Gasteiger partial charge in [-0.25, -0.2) is 0 Å². The minimum absolute atomic E-state index is 0.0938. The highest BCUT2D eigenvalue weighted by Gasteiger charge is 2.55. The van der Waals surface area contributed by atoms with Crippen molar-refractivity contribution in [2.75, 3.05) is 0 Å². The van der Waals surface area contributed by atoms with Gasteiger partial charge in [-0.3, -0.25) is 4.90 Å². The first-order chi connectivity index (χ1) is 13.8. The van der Waals surface area contributed by atoms with Crippen LogP contribution in [0.15, 0.2) is 91.0 Å². The maximum absolute atomic E-state index is 12.4. The van der Waals surface area contributed by atoms with Gasteiger partial charge in [-0.1, -0.05) is 91.0 Å². The predicted octanol–water partition coefficient (Wildman–Crippen LogP) is 4.98. The topological polar surface area (TPSA) is 23.5 Å². The molecule has 1 aliphatic carbocycles. The van der Waals surface area contributed by atoms with E-state index in [0.29, 0.717) is 12.0 Å². The number of fused-ring (bicyclic) bond motifs is 2. The SMILES string of the molecule is OC(c1ccccc1)(c1ccccc1)[C@@H]1[C@@H]2CC[C@@H](C2)N1Cc1ccccc1. The number of hydrogen-bond acceptors (Lipinski definition) is 2. The van der Waals surface area contributed by atoms with E-state index in [4.69, 9.17) is 0 Å². The molecule has 142 valence electrons. The average Bonchev–Trinajstić information content (AvgIpc) is 3.37. The first kappa shape index (κ1) is 17.7. The monoisotopic (exact) mass is 369 g/mol. The summed E-state index contributed by atoms with van der Waals surface area (Å²) < 4.78 is 0. The van der Waals surface area contributed by atoms with E-state index in [1.807, 2.05) is 36.4 Å². The van der Waals surface area contributed by atoms with Gasteiger partial charge < -0.3 is 5.11 Å². The second-order valence-corrected chi connectivity index (χ2v) is 8.33. The Kier molecular flexibility index (Phi) is 4.54. The molecule has 0 amide bonds. The summed E-state index contributed by atoms with van der Waals surface area (Å²) >= 11 is 0. The van der Waals surface area contributed by atoms with Gasteiger partial charge in [0.15, 0.2) is 0 Å². The lowest BCUT2D eigenvalue weighted by atomic mass is 9.74. The highest BCUT2D eigenvalue weighted by atomic mass is 16.3. The fraction of sp³-hybridized carbons (Fsp3) is 0.308. The van der Waals surface area contributed by atoms with Crippen LogP contribution in [0.2, 0.25) is 0 Å². The smallest absolute Gasteiger partial charge is 0.130 e. The molecule has 3 atom stereocenters. The largest absolute Gasteiger partial charge is 0.379 e. The highest BCUT2D eigenvalue weighted by Crippen LogP contribution is 2.51. The van der Waals surface area contributed by atoms with E-state index in [1.165, 1.54) is 24.8 Å². The minimum Gasteiger partial charge on any atom is -0.379 e. The average molecular weight is 370 g/mol. The molecular formula is C26H27NO. The summed E-state index contributed by atoms with van der Waals surface area (Å²) in [6.07, 6.45) is 3.65. The van der Waals surface area contributed by atoms with Crippen LogP contribution < -0.4 is 0 Å². The van der Waals surface area contributed by atoms with E-state index in [0.717, 1.165) is 17.7 Å². The maximum atomic E-state index is 12.4. The molecule has 2 fully saturated rings. The third-order valence-corrected chi connectivity index (χ3v) is 6.78. The van der Waals surface area contributed by atoms with Crippen molar-refractivity contribution in [2.45, 2.75) is 43.5 Å². The zero-order chi connectivity index (χ0) is 19.0. The van der Waals surface area contributed by atoms with Gasteiger partial charge >= 0.3 is 0 Å². The third-order valence-electron chi connectivity index (χ3n) is 6.78. The van der Waals surface area contributed by atoms with E-state index >= 15 is 0 Å². The van der Waals surface area contributed by atoms with Crippen LogP contribution in [0.3, 0.4) is 0 Å². The first-order valence-electron chi connectivity index (χ1n) is 10.4. The Hall–Kier alpha value is -2.42. The van der Waals surface area contributed by atoms with Crippen molar-refractivity contribution in [3.63, 3.8) is 0 Å². The fourth-order valence-electron chi connectivity index (χ4n) is 5.57. The van der Waals surface area contributed by atoms with Gasteiger partial charge in [0.1, 0.15) is 5.60 Å². The quantitative estimate of drug-likeness (QED) is 0.686. The van der Waals surface area contributed by atoms with Gasteiger partial charge in [-0.15, -0.1) is 0 Å².